The number of benzene rings is 2. The van der Waals surface area contributed by atoms with E-state index in [2.05, 4.69) is 10.3 Å². The molecule has 1 amide bonds. The highest BCUT2D eigenvalue weighted by molar-refractivity contribution is 6.03. The van der Waals surface area contributed by atoms with Gasteiger partial charge < -0.3 is 15.5 Å². The molecule has 2 aromatic carbocycles. The van der Waals surface area contributed by atoms with Crippen LogP contribution in [0.1, 0.15) is 39.8 Å². The molecule has 0 saturated carbocycles. The van der Waals surface area contributed by atoms with Gasteiger partial charge in [0.15, 0.2) is 11.4 Å². The van der Waals surface area contributed by atoms with Crippen LogP contribution in [0.15, 0.2) is 42.5 Å². The lowest BCUT2D eigenvalue weighted by molar-refractivity contribution is -0.137. The third-order valence-electron chi connectivity index (χ3n) is 4.42. The van der Waals surface area contributed by atoms with E-state index >= 15 is 0 Å². The number of aryl methyl sites for hydroxylation is 1. The normalized spacial score (nSPS) is 11.6. The lowest BCUT2D eigenvalue weighted by Crippen LogP contribution is -2.31. The Labute approximate surface area is 165 Å². The summed E-state index contributed by atoms with van der Waals surface area (Å²) in [5.74, 6) is -3.29. The van der Waals surface area contributed by atoms with E-state index in [1.54, 1.807) is 18.2 Å². The van der Waals surface area contributed by atoms with Gasteiger partial charge in [-0.2, -0.15) is 5.26 Å². The van der Waals surface area contributed by atoms with Crippen LogP contribution in [0.3, 0.4) is 0 Å². The van der Waals surface area contributed by atoms with Gasteiger partial charge in [0.2, 0.25) is 0 Å². The van der Waals surface area contributed by atoms with Crippen molar-refractivity contribution in [3.05, 3.63) is 70.8 Å². The minimum atomic E-state index is -1.25. The summed E-state index contributed by atoms with van der Waals surface area (Å²) in [4.78, 5) is 27.9. The number of aromatic hydroxyl groups is 1. The molecule has 29 heavy (non-hydrogen) atoms. The average Bonchev–Trinajstić information content (AvgIpc) is 2.67. The number of rotatable bonds is 5. The summed E-state index contributed by atoms with van der Waals surface area (Å²) in [6.07, 6.45) is -0.578. The van der Waals surface area contributed by atoms with Crippen molar-refractivity contribution in [2.45, 2.75) is 19.4 Å². The van der Waals surface area contributed by atoms with E-state index in [1.807, 2.05) is 13.0 Å². The van der Waals surface area contributed by atoms with Gasteiger partial charge in [-0.15, -0.1) is 0 Å². The number of hydrogen-bond donors (Lipinski definition) is 3. The van der Waals surface area contributed by atoms with Crippen LogP contribution in [-0.2, 0) is 4.79 Å². The average molecular weight is 393 g/mol. The summed E-state index contributed by atoms with van der Waals surface area (Å²) in [6.45, 7) is 1.81. The second-order valence-corrected chi connectivity index (χ2v) is 6.46. The molecule has 0 spiro atoms. The van der Waals surface area contributed by atoms with Crippen molar-refractivity contribution in [1.29, 1.82) is 5.26 Å². The van der Waals surface area contributed by atoms with Crippen LogP contribution >= 0.6 is 0 Å². The van der Waals surface area contributed by atoms with Gasteiger partial charge in [0, 0.05) is 16.3 Å². The maximum Gasteiger partial charge on any atom is 0.305 e. The highest BCUT2D eigenvalue weighted by Crippen LogP contribution is 2.31. The molecule has 1 heterocycles. The molecule has 7 nitrogen and oxygen atoms in total. The van der Waals surface area contributed by atoms with E-state index in [4.69, 9.17) is 5.11 Å². The molecule has 1 atom stereocenters. The quantitative estimate of drug-likeness (QED) is 0.612. The van der Waals surface area contributed by atoms with Gasteiger partial charge >= 0.3 is 5.97 Å². The molecular formula is C21H16FN3O4. The van der Waals surface area contributed by atoms with Crippen LogP contribution in [0.5, 0.6) is 5.75 Å². The van der Waals surface area contributed by atoms with Crippen LogP contribution in [-0.4, -0.2) is 27.1 Å². The number of fused-ring (bicyclic) bond motifs is 1. The second-order valence-electron chi connectivity index (χ2n) is 6.46. The molecule has 0 aliphatic carbocycles. The third kappa shape index (κ3) is 3.99. The van der Waals surface area contributed by atoms with Crippen molar-refractivity contribution < 1.29 is 24.2 Å². The molecule has 0 saturated heterocycles. The number of amides is 1. The Morgan fingerprint density at radius 2 is 1.97 bits per heavy atom. The zero-order chi connectivity index (χ0) is 21.1. The predicted octanol–water partition coefficient (Wildman–Crippen LogP) is 3.21. The van der Waals surface area contributed by atoms with E-state index in [9.17, 15) is 24.3 Å². The van der Waals surface area contributed by atoms with E-state index in [1.165, 1.54) is 18.2 Å². The molecule has 1 aromatic heterocycles. The fourth-order valence-electron chi connectivity index (χ4n) is 3.05. The molecule has 0 unspecified atom stereocenters. The van der Waals surface area contributed by atoms with Gasteiger partial charge in [0.1, 0.15) is 17.6 Å². The molecule has 146 valence electrons. The fraction of sp³-hybridized carbons (Fsp3) is 0.143. The predicted molar refractivity (Wildman–Crippen MR) is 102 cm³/mol. The number of aromatic nitrogens is 1. The van der Waals surface area contributed by atoms with Gasteiger partial charge in [-0.1, -0.05) is 35.9 Å². The molecule has 0 bridgehead atoms. The Morgan fingerprint density at radius 1 is 1.24 bits per heavy atom. The number of nitriles is 1. The Bertz CT molecular complexity index is 1170. The first-order valence-corrected chi connectivity index (χ1v) is 8.62. The first kappa shape index (κ1) is 19.8. The van der Waals surface area contributed by atoms with Gasteiger partial charge in [-0.05, 0) is 19.1 Å². The summed E-state index contributed by atoms with van der Waals surface area (Å²) in [6, 6.07) is 11.1. The number of hydrogen-bond acceptors (Lipinski definition) is 5. The molecule has 0 aliphatic rings. The second kappa shape index (κ2) is 7.94. The monoisotopic (exact) mass is 393 g/mol. The molecule has 0 radical (unpaired) electrons. The van der Waals surface area contributed by atoms with Crippen LogP contribution in [0.25, 0.3) is 10.8 Å². The van der Waals surface area contributed by atoms with Crippen molar-refractivity contribution in [2.75, 3.05) is 0 Å². The van der Waals surface area contributed by atoms with Gasteiger partial charge in [0.05, 0.1) is 12.5 Å². The lowest BCUT2D eigenvalue weighted by atomic mass is 10.0. The first-order valence-electron chi connectivity index (χ1n) is 8.62. The molecule has 3 aromatic rings. The van der Waals surface area contributed by atoms with Crippen LogP contribution in [0.4, 0.5) is 4.39 Å². The van der Waals surface area contributed by atoms with E-state index in [0.717, 1.165) is 11.6 Å². The zero-order valence-electron chi connectivity index (χ0n) is 15.3. The zero-order valence-corrected chi connectivity index (χ0v) is 15.3. The largest absolute Gasteiger partial charge is 0.505 e. The standard InChI is InChI=1S/C21H16FN3O4/c1-11-6-7-12-14(8-11)17(10-23)24-19(20(12)28)21(29)25-16(9-18(26)27)13-4-2-3-5-15(13)22/h2-8,16,28H,9H2,1H3,(H,25,29)(H,26,27)/t16-/m0/s1. The Balaban J connectivity index is 2.05. The summed E-state index contributed by atoms with van der Waals surface area (Å²) in [5.41, 5.74) is 0.324. The van der Waals surface area contributed by atoms with E-state index < -0.39 is 41.6 Å². The number of aliphatic carboxylic acids is 1. The van der Waals surface area contributed by atoms with Gasteiger partial charge in [0.25, 0.3) is 5.91 Å². The Morgan fingerprint density at radius 3 is 2.62 bits per heavy atom. The number of halogens is 1. The summed E-state index contributed by atoms with van der Waals surface area (Å²) < 4.78 is 14.1. The molecule has 0 aliphatic heterocycles. The topological polar surface area (TPSA) is 123 Å². The SMILES string of the molecule is Cc1ccc2c(O)c(C(=O)N[C@@H](CC(=O)O)c3ccccc3F)nc(C#N)c2c1. The van der Waals surface area contributed by atoms with Crippen molar-refractivity contribution in [2.24, 2.45) is 0 Å². The van der Waals surface area contributed by atoms with Crippen LogP contribution in [0.2, 0.25) is 0 Å². The Hall–Kier alpha value is -3.99. The van der Waals surface area contributed by atoms with Crippen molar-refractivity contribution in [3.63, 3.8) is 0 Å². The molecule has 0 fully saturated rings. The molecule has 3 rings (SSSR count). The van der Waals surface area contributed by atoms with Gasteiger partial charge in [-0.25, -0.2) is 9.37 Å². The smallest absolute Gasteiger partial charge is 0.305 e. The molecule has 3 N–H and O–H groups in total. The minimum absolute atomic E-state index is 0.0142. The summed E-state index contributed by atoms with van der Waals surface area (Å²) in [5, 5.41) is 32.1. The number of carboxylic acid groups (broad SMARTS) is 1. The van der Waals surface area contributed by atoms with Crippen LogP contribution in [0, 0.1) is 24.1 Å². The number of carbonyl (C=O) groups is 2. The maximum absolute atomic E-state index is 14.1. The highest BCUT2D eigenvalue weighted by atomic mass is 19.1. The number of carboxylic acids is 1. The summed E-state index contributed by atoms with van der Waals surface area (Å²) in [7, 11) is 0. The first-order chi connectivity index (χ1) is 13.8. The van der Waals surface area contributed by atoms with Gasteiger partial charge in [-0.3, -0.25) is 9.59 Å². The highest BCUT2D eigenvalue weighted by Gasteiger charge is 2.25. The van der Waals surface area contributed by atoms with Crippen molar-refractivity contribution in [3.8, 4) is 11.8 Å². The number of pyridine rings is 1. The lowest BCUT2D eigenvalue weighted by Gasteiger charge is -2.18. The Kier molecular flexibility index (Phi) is 5.41. The number of nitrogens with zero attached hydrogens (tertiary/aromatic N) is 2. The molecular weight excluding hydrogens is 377 g/mol. The van der Waals surface area contributed by atoms with E-state index in [-0.39, 0.29) is 16.6 Å². The minimum Gasteiger partial charge on any atom is -0.505 e. The summed E-state index contributed by atoms with van der Waals surface area (Å²) >= 11 is 0. The fourth-order valence-corrected chi connectivity index (χ4v) is 3.05. The van der Waals surface area contributed by atoms with Crippen molar-refractivity contribution in [1.82, 2.24) is 10.3 Å². The van der Waals surface area contributed by atoms with Crippen molar-refractivity contribution >= 4 is 22.6 Å². The van der Waals surface area contributed by atoms with Crippen LogP contribution < -0.4 is 5.32 Å². The van der Waals surface area contributed by atoms with E-state index in [0.29, 0.717) is 5.39 Å². The molecule has 8 heteroatoms. The number of nitrogens with one attached hydrogen (secondary N) is 1. The third-order valence-corrected chi connectivity index (χ3v) is 4.42. The number of carbonyl (C=O) groups excluding carboxylic acids is 1. The maximum atomic E-state index is 14.1.